The molecule has 2 heterocycles. The Bertz CT molecular complexity index is 364. The van der Waals surface area contributed by atoms with Crippen LogP contribution in [0.3, 0.4) is 0 Å². The smallest absolute Gasteiger partial charge is 0.250 e. The van der Waals surface area contributed by atoms with Gasteiger partial charge in [0.15, 0.2) is 0 Å². The van der Waals surface area contributed by atoms with Gasteiger partial charge in [-0.25, -0.2) is 0 Å². The summed E-state index contributed by atoms with van der Waals surface area (Å²) in [5, 5.41) is 6.05. The van der Waals surface area contributed by atoms with Crippen LogP contribution in [0.2, 0.25) is 0 Å². The number of furan rings is 1. The summed E-state index contributed by atoms with van der Waals surface area (Å²) in [6.45, 7) is 2.74. The van der Waals surface area contributed by atoms with Gasteiger partial charge >= 0.3 is 0 Å². The van der Waals surface area contributed by atoms with Gasteiger partial charge in [-0.05, 0) is 24.3 Å². The minimum absolute atomic E-state index is 0.0109. The molecule has 106 valence electrons. The van der Waals surface area contributed by atoms with Gasteiger partial charge in [-0.2, -0.15) is 11.8 Å². The lowest BCUT2D eigenvalue weighted by Gasteiger charge is -2.22. The molecule has 1 saturated heterocycles. The van der Waals surface area contributed by atoms with E-state index in [4.69, 9.17) is 9.15 Å². The van der Waals surface area contributed by atoms with E-state index in [0.29, 0.717) is 19.7 Å². The van der Waals surface area contributed by atoms with Gasteiger partial charge in [-0.1, -0.05) is 0 Å². The van der Waals surface area contributed by atoms with Gasteiger partial charge in [0, 0.05) is 19.6 Å². The maximum absolute atomic E-state index is 11.7. The lowest BCUT2D eigenvalue weighted by molar-refractivity contribution is -0.134. The third kappa shape index (κ3) is 5.26. The summed E-state index contributed by atoms with van der Waals surface area (Å²) in [5.74, 6) is 2.88. The predicted molar refractivity (Wildman–Crippen MR) is 75.1 cm³/mol. The third-order valence-corrected chi connectivity index (χ3v) is 3.88. The molecular formula is C13H20N2O3S. The average Bonchev–Trinajstić information content (AvgIpc) is 2.96. The summed E-state index contributed by atoms with van der Waals surface area (Å²) < 4.78 is 10.6. The molecule has 0 radical (unpaired) electrons. The molecular weight excluding hydrogens is 264 g/mol. The number of hydrogen-bond acceptors (Lipinski definition) is 5. The first-order chi connectivity index (χ1) is 9.36. The second-order valence-corrected chi connectivity index (χ2v) is 5.45. The molecule has 0 spiro atoms. The summed E-state index contributed by atoms with van der Waals surface area (Å²) >= 11 is 1.81. The number of hydrogen-bond donors (Lipinski definition) is 2. The molecule has 0 aliphatic carbocycles. The second kappa shape index (κ2) is 8.24. The maximum Gasteiger partial charge on any atom is 0.250 e. The highest BCUT2D eigenvalue weighted by Crippen LogP contribution is 2.12. The Morgan fingerprint density at radius 2 is 2.53 bits per heavy atom. The van der Waals surface area contributed by atoms with Crippen molar-refractivity contribution in [2.24, 2.45) is 0 Å². The number of ether oxygens (including phenoxy) is 1. The summed E-state index contributed by atoms with van der Waals surface area (Å²) in [6, 6.07) is 3.87. The lowest BCUT2D eigenvalue weighted by atomic mass is 10.3. The zero-order chi connectivity index (χ0) is 13.3. The number of rotatable bonds is 7. The predicted octanol–water partition coefficient (Wildman–Crippen LogP) is 1.01. The summed E-state index contributed by atoms with van der Waals surface area (Å²) in [4.78, 5) is 11.7. The quantitative estimate of drug-likeness (QED) is 0.732. The maximum atomic E-state index is 11.7. The minimum atomic E-state index is -0.329. The largest absolute Gasteiger partial charge is 0.468 e. The molecule has 1 aromatic heterocycles. The van der Waals surface area contributed by atoms with E-state index in [1.807, 2.05) is 23.9 Å². The fraction of sp³-hybridized carbons (Fsp3) is 0.615. The molecule has 0 saturated carbocycles. The van der Waals surface area contributed by atoms with Crippen molar-refractivity contribution in [2.75, 3.05) is 32.0 Å². The molecule has 1 aliphatic heterocycles. The average molecular weight is 284 g/mol. The van der Waals surface area contributed by atoms with E-state index < -0.39 is 0 Å². The van der Waals surface area contributed by atoms with Crippen molar-refractivity contribution in [3.8, 4) is 0 Å². The Kier molecular flexibility index (Phi) is 6.26. The highest BCUT2D eigenvalue weighted by Gasteiger charge is 2.20. The number of carbonyl (C=O) groups is 1. The highest BCUT2D eigenvalue weighted by molar-refractivity contribution is 7.98. The molecule has 1 aromatic rings. The number of thioether (sulfide) groups is 1. The number of nitrogens with one attached hydrogen (secondary N) is 2. The van der Waals surface area contributed by atoms with Crippen molar-refractivity contribution >= 4 is 17.7 Å². The summed E-state index contributed by atoms with van der Waals surface area (Å²) in [7, 11) is 0. The Morgan fingerprint density at radius 1 is 1.58 bits per heavy atom. The summed E-state index contributed by atoms with van der Waals surface area (Å²) in [5.41, 5.74) is 0. The van der Waals surface area contributed by atoms with Crippen LogP contribution in [0.15, 0.2) is 22.8 Å². The molecule has 1 amide bonds. The Balaban J connectivity index is 1.48. The van der Waals surface area contributed by atoms with Crippen LogP contribution >= 0.6 is 11.8 Å². The molecule has 1 atom stereocenters. The van der Waals surface area contributed by atoms with E-state index in [0.717, 1.165) is 30.2 Å². The van der Waals surface area contributed by atoms with Crippen molar-refractivity contribution in [3.63, 3.8) is 0 Å². The van der Waals surface area contributed by atoms with Crippen molar-refractivity contribution in [2.45, 2.75) is 18.3 Å². The number of morpholine rings is 1. The molecule has 19 heavy (non-hydrogen) atoms. The topological polar surface area (TPSA) is 63.5 Å². The monoisotopic (exact) mass is 284 g/mol. The Morgan fingerprint density at radius 3 is 3.26 bits per heavy atom. The van der Waals surface area contributed by atoms with E-state index in [1.54, 1.807) is 6.26 Å². The fourth-order valence-corrected chi connectivity index (χ4v) is 2.66. The molecule has 0 unspecified atom stereocenters. The van der Waals surface area contributed by atoms with E-state index in [1.165, 1.54) is 0 Å². The molecule has 0 bridgehead atoms. The van der Waals surface area contributed by atoms with Gasteiger partial charge in [0.2, 0.25) is 5.91 Å². The normalized spacial score (nSPS) is 19.3. The van der Waals surface area contributed by atoms with Gasteiger partial charge in [-0.15, -0.1) is 0 Å². The first-order valence-corrected chi connectivity index (χ1v) is 7.72. The zero-order valence-corrected chi connectivity index (χ0v) is 11.7. The summed E-state index contributed by atoms with van der Waals surface area (Å²) in [6.07, 6.45) is 2.32. The van der Waals surface area contributed by atoms with Crippen molar-refractivity contribution < 1.29 is 13.9 Å². The molecule has 1 aliphatic rings. The molecule has 5 nitrogen and oxygen atoms in total. The molecule has 6 heteroatoms. The van der Waals surface area contributed by atoms with Crippen molar-refractivity contribution in [1.82, 2.24) is 10.6 Å². The molecule has 2 N–H and O–H groups in total. The van der Waals surface area contributed by atoms with Crippen LogP contribution in [0.1, 0.15) is 12.2 Å². The van der Waals surface area contributed by atoms with Gasteiger partial charge < -0.3 is 19.8 Å². The van der Waals surface area contributed by atoms with Crippen molar-refractivity contribution in [1.29, 1.82) is 0 Å². The van der Waals surface area contributed by atoms with Crippen LogP contribution in [-0.2, 0) is 15.3 Å². The first-order valence-electron chi connectivity index (χ1n) is 6.56. The molecule has 2 rings (SSSR count). The Hall–Kier alpha value is -0.980. The fourth-order valence-electron chi connectivity index (χ4n) is 1.80. The van der Waals surface area contributed by atoms with Crippen LogP contribution in [0.4, 0.5) is 0 Å². The van der Waals surface area contributed by atoms with E-state index >= 15 is 0 Å². The van der Waals surface area contributed by atoms with Crippen LogP contribution in [0, 0.1) is 0 Å². The highest BCUT2D eigenvalue weighted by atomic mass is 32.2. The van der Waals surface area contributed by atoms with E-state index in [9.17, 15) is 4.79 Å². The van der Waals surface area contributed by atoms with E-state index in [2.05, 4.69) is 10.6 Å². The third-order valence-electron chi connectivity index (χ3n) is 2.81. The van der Waals surface area contributed by atoms with Gasteiger partial charge in [-0.3, -0.25) is 4.79 Å². The van der Waals surface area contributed by atoms with Crippen molar-refractivity contribution in [3.05, 3.63) is 24.2 Å². The number of carbonyl (C=O) groups excluding carboxylic acids is 1. The van der Waals surface area contributed by atoms with Crippen LogP contribution in [0.25, 0.3) is 0 Å². The minimum Gasteiger partial charge on any atom is -0.468 e. The second-order valence-electron chi connectivity index (χ2n) is 4.34. The lowest BCUT2D eigenvalue weighted by Crippen LogP contribution is -2.48. The Labute approximate surface area is 117 Å². The van der Waals surface area contributed by atoms with Gasteiger partial charge in [0.1, 0.15) is 11.9 Å². The van der Waals surface area contributed by atoms with Crippen LogP contribution in [-0.4, -0.2) is 44.0 Å². The molecule has 0 aromatic carbocycles. The van der Waals surface area contributed by atoms with Gasteiger partial charge in [0.05, 0.1) is 18.6 Å². The number of amides is 1. The molecule has 1 fully saturated rings. The van der Waals surface area contributed by atoms with E-state index in [-0.39, 0.29) is 12.0 Å². The standard InChI is InChI=1S/C13H20N2O3S/c16-13(12-9-14-5-7-18-12)15-4-2-8-19-10-11-3-1-6-17-11/h1,3,6,12,14H,2,4-5,7-10H2,(H,15,16)/t12-/m1/s1. The first kappa shape index (κ1) is 14.4. The SMILES string of the molecule is O=C(NCCCSCc1ccco1)[C@H]1CNCCO1. The van der Waals surface area contributed by atoms with Crippen LogP contribution < -0.4 is 10.6 Å². The zero-order valence-electron chi connectivity index (χ0n) is 10.9. The van der Waals surface area contributed by atoms with Crippen LogP contribution in [0.5, 0.6) is 0 Å². The van der Waals surface area contributed by atoms with Gasteiger partial charge in [0.25, 0.3) is 0 Å².